The molecule has 1 N–H and O–H groups in total. The molecule has 0 radical (unpaired) electrons. The van der Waals surface area contributed by atoms with Crippen molar-refractivity contribution in [1.82, 2.24) is 4.90 Å². The molecule has 2 rings (SSSR count). The van der Waals surface area contributed by atoms with E-state index in [1.54, 1.807) is 0 Å². The Balaban J connectivity index is 2.18. The van der Waals surface area contributed by atoms with Gasteiger partial charge >= 0.3 is 12.1 Å². The second kappa shape index (κ2) is 8.72. The molecule has 0 spiro atoms. The maximum atomic E-state index is 12.6. The number of carboxylic acids is 1. The summed E-state index contributed by atoms with van der Waals surface area (Å²) < 4.78 is 37.9. The molecular formula is C19H17F3N2O5. The van der Waals surface area contributed by atoms with Crippen LogP contribution in [0.15, 0.2) is 42.5 Å². The summed E-state index contributed by atoms with van der Waals surface area (Å²) >= 11 is 0. The Kier molecular flexibility index (Phi) is 6.57. The Labute approximate surface area is 163 Å². The van der Waals surface area contributed by atoms with Crippen molar-refractivity contribution in [2.75, 3.05) is 6.54 Å². The van der Waals surface area contributed by atoms with E-state index < -0.39 is 22.6 Å². The average Bonchev–Trinajstić information content (AvgIpc) is 2.64. The molecule has 0 aliphatic heterocycles. The monoisotopic (exact) mass is 410 g/mol. The van der Waals surface area contributed by atoms with Crippen molar-refractivity contribution in [3.8, 4) is 0 Å². The molecule has 7 nitrogen and oxygen atoms in total. The van der Waals surface area contributed by atoms with Crippen LogP contribution in [0.5, 0.6) is 0 Å². The van der Waals surface area contributed by atoms with Gasteiger partial charge in [-0.1, -0.05) is 12.1 Å². The first-order chi connectivity index (χ1) is 13.5. The molecule has 2 aromatic rings. The Morgan fingerprint density at radius 3 is 2.24 bits per heavy atom. The average molecular weight is 410 g/mol. The molecule has 0 aliphatic carbocycles. The first-order valence-corrected chi connectivity index (χ1v) is 8.41. The first kappa shape index (κ1) is 21.9. The molecule has 0 atom stereocenters. The standard InChI is InChI=1S/C19H17F3N2O5/c1-12(25)23(11-13-2-5-16(6-3-13)19(20,21)22)9-8-14-10-15(18(26)27)4-7-17(14)24(28)29/h2-7,10H,8-9,11H2,1H3,(H,26,27). The van der Waals surface area contributed by atoms with E-state index in [1.807, 2.05) is 0 Å². The number of alkyl halides is 3. The minimum atomic E-state index is -4.47. The summed E-state index contributed by atoms with van der Waals surface area (Å²) in [5, 5.41) is 20.2. The van der Waals surface area contributed by atoms with Gasteiger partial charge in [-0.05, 0) is 36.2 Å². The lowest BCUT2D eigenvalue weighted by molar-refractivity contribution is -0.385. The normalized spacial score (nSPS) is 11.2. The Morgan fingerprint density at radius 1 is 1.14 bits per heavy atom. The van der Waals surface area contributed by atoms with E-state index in [1.165, 1.54) is 30.0 Å². The number of carbonyl (C=O) groups excluding carboxylic acids is 1. The van der Waals surface area contributed by atoms with Gasteiger partial charge in [0.05, 0.1) is 16.1 Å². The molecule has 0 aliphatic rings. The minimum Gasteiger partial charge on any atom is -0.478 e. The van der Waals surface area contributed by atoms with Crippen LogP contribution in [-0.2, 0) is 23.9 Å². The number of nitro groups is 1. The van der Waals surface area contributed by atoms with Crippen LogP contribution in [0.1, 0.15) is 34.0 Å². The van der Waals surface area contributed by atoms with Crippen LogP contribution in [-0.4, -0.2) is 33.4 Å². The summed E-state index contributed by atoms with van der Waals surface area (Å²) in [6, 6.07) is 7.72. The smallest absolute Gasteiger partial charge is 0.416 e. The van der Waals surface area contributed by atoms with Crippen molar-refractivity contribution >= 4 is 17.6 Å². The molecule has 1 amide bonds. The van der Waals surface area contributed by atoms with Crippen LogP contribution < -0.4 is 0 Å². The highest BCUT2D eigenvalue weighted by Gasteiger charge is 2.30. The van der Waals surface area contributed by atoms with Gasteiger partial charge < -0.3 is 10.0 Å². The number of hydrogen-bond donors (Lipinski definition) is 1. The van der Waals surface area contributed by atoms with Crippen molar-refractivity contribution < 1.29 is 32.8 Å². The summed E-state index contributed by atoms with van der Waals surface area (Å²) in [6.07, 6.45) is -4.45. The topological polar surface area (TPSA) is 101 Å². The number of hydrogen-bond acceptors (Lipinski definition) is 4. The van der Waals surface area contributed by atoms with Crippen LogP contribution in [0.4, 0.5) is 18.9 Å². The molecule has 0 aromatic heterocycles. The number of rotatable bonds is 7. The number of nitro benzene ring substituents is 1. The minimum absolute atomic E-state index is 0.0116. The van der Waals surface area contributed by atoms with Gasteiger partial charge in [0.15, 0.2) is 0 Å². The maximum Gasteiger partial charge on any atom is 0.416 e. The van der Waals surface area contributed by atoms with Gasteiger partial charge in [0.25, 0.3) is 5.69 Å². The summed E-state index contributed by atoms with van der Waals surface area (Å²) in [7, 11) is 0. The Morgan fingerprint density at radius 2 is 1.76 bits per heavy atom. The van der Waals surface area contributed by atoms with Crippen molar-refractivity contribution in [2.45, 2.75) is 26.1 Å². The zero-order valence-corrected chi connectivity index (χ0v) is 15.3. The SMILES string of the molecule is CC(=O)N(CCc1cc(C(=O)O)ccc1[N+](=O)[O-])Cc1ccc(C(F)(F)F)cc1. The maximum absolute atomic E-state index is 12.6. The van der Waals surface area contributed by atoms with Gasteiger partial charge in [0, 0.05) is 31.6 Å². The third kappa shape index (κ3) is 5.77. The molecule has 0 heterocycles. The van der Waals surface area contributed by atoms with Crippen LogP contribution >= 0.6 is 0 Å². The van der Waals surface area contributed by atoms with Crippen molar-refractivity contribution in [3.05, 3.63) is 74.8 Å². The number of amides is 1. The molecule has 154 valence electrons. The predicted molar refractivity (Wildman–Crippen MR) is 96.3 cm³/mol. The highest BCUT2D eigenvalue weighted by molar-refractivity contribution is 5.88. The third-order valence-electron chi connectivity index (χ3n) is 4.27. The molecular weight excluding hydrogens is 393 g/mol. The lowest BCUT2D eigenvalue weighted by atomic mass is 10.0. The van der Waals surface area contributed by atoms with Crippen molar-refractivity contribution in [2.24, 2.45) is 0 Å². The fourth-order valence-corrected chi connectivity index (χ4v) is 2.72. The van der Waals surface area contributed by atoms with E-state index in [0.29, 0.717) is 5.56 Å². The summed E-state index contributed by atoms with van der Waals surface area (Å²) in [6.45, 7) is 1.31. The summed E-state index contributed by atoms with van der Waals surface area (Å²) in [5.41, 5.74) is -0.594. The first-order valence-electron chi connectivity index (χ1n) is 8.41. The highest BCUT2D eigenvalue weighted by atomic mass is 19.4. The van der Waals surface area contributed by atoms with Gasteiger partial charge in [-0.15, -0.1) is 0 Å². The lowest BCUT2D eigenvalue weighted by Gasteiger charge is -2.21. The predicted octanol–water partition coefficient (Wildman–Crippen LogP) is 3.90. The third-order valence-corrected chi connectivity index (χ3v) is 4.27. The van der Waals surface area contributed by atoms with Gasteiger partial charge in [-0.25, -0.2) is 4.79 Å². The molecule has 0 bridgehead atoms. The van der Waals surface area contributed by atoms with Gasteiger partial charge in [-0.2, -0.15) is 13.2 Å². The molecule has 0 unspecified atom stereocenters. The van der Waals surface area contributed by atoms with Gasteiger partial charge in [0.1, 0.15) is 0 Å². The highest BCUT2D eigenvalue weighted by Crippen LogP contribution is 2.29. The van der Waals surface area contributed by atoms with Gasteiger partial charge in [0.2, 0.25) is 5.91 Å². The lowest BCUT2D eigenvalue weighted by Crippen LogP contribution is -2.30. The van der Waals surface area contributed by atoms with Crippen LogP contribution in [0.25, 0.3) is 0 Å². The number of aromatic carboxylic acids is 1. The fourth-order valence-electron chi connectivity index (χ4n) is 2.72. The number of carboxylic acid groups (broad SMARTS) is 1. The fraction of sp³-hybridized carbons (Fsp3) is 0.263. The number of nitrogens with zero attached hydrogens (tertiary/aromatic N) is 2. The Hall–Kier alpha value is -3.43. The molecule has 0 fully saturated rings. The van der Waals surface area contributed by atoms with Crippen LogP contribution in [0.2, 0.25) is 0 Å². The zero-order valence-electron chi connectivity index (χ0n) is 15.3. The largest absolute Gasteiger partial charge is 0.478 e. The number of benzene rings is 2. The number of halogens is 3. The van der Waals surface area contributed by atoms with Crippen molar-refractivity contribution in [3.63, 3.8) is 0 Å². The molecule has 0 saturated carbocycles. The molecule has 2 aromatic carbocycles. The van der Waals surface area contributed by atoms with E-state index >= 15 is 0 Å². The molecule has 10 heteroatoms. The molecule has 0 saturated heterocycles. The van der Waals surface area contributed by atoms with E-state index in [0.717, 1.165) is 24.3 Å². The summed E-state index contributed by atoms with van der Waals surface area (Å²) in [5.74, 6) is -1.61. The quantitative estimate of drug-likeness (QED) is 0.551. The van der Waals surface area contributed by atoms with E-state index in [9.17, 15) is 32.9 Å². The van der Waals surface area contributed by atoms with Crippen LogP contribution in [0.3, 0.4) is 0 Å². The number of carbonyl (C=O) groups is 2. The second-order valence-corrected chi connectivity index (χ2v) is 6.29. The zero-order chi connectivity index (χ0) is 21.8. The molecule has 29 heavy (non-hydrogen) atoms. The summed E-state index contributed by atoms with van der Waals surface area (Å²) in [4.78, 5) is 34.9. The van der Waals surface area contributed by atoms with Crippen molar-refractivity contribution in [1.29, 1.82) is 0 Å². The van der Waals surface area contributed by atoms with Gasteiger partial charge in [-0.3, -0.25) is 14.9 Å². The van der Waals surface area contributed by atoms with E-state index in [2.05, 4.69) is 0 Å². The second-order valence-electron chi connectivity index (χ2n) is 6.29. The van der Waals surface area contributed by atoms with E-state index in [4.69, 9.17) is 5.11 Å². The van der Waals surface area contributed by atoms with E-state index in [-0.39, 0.29) is 42.2 Å². The Bertz CT molecular complexity index is 926. The van der Waals surface area contributed by atoms with Crippen LogP contribution in [0, 0.1) is 10.1 Å².